The number of fused-ring (bicyclic) bond motifs is 3. The molecule has 0 spiro atoms. The van der Waals surface area contributed by atoms with Gasteiger partial charge < -0.3 is 9.40 Å². The van der Waals surface area contributed by atoms with Crippen LogP contribution in [0.15, 0.2) is 59.4 Å². The lowest BCUT2D eigenvalue weighted by molar-refractivity contribution is 0.582. The summed E-state index contributed by atoms with van der Waals surface area (Å²) in [6, 6.07) is 12.4. The number of nitrogens with one attached hydrogen (secondary N) is 1. The fourth-order valence-electron chi connectivity index (χ4n) is 3.21. The molecule has 0 aliphatic carbocycles. The fraction of sp³-hybridized carbons (Fsp3) is 0.227. The van der Waals surface area contributed by atoms with Crippen LogP contribution in [0.4, 0.5) is 0 Å². The van der Waals surface area contributed by atoms with E-state index in [1.807, 2.05) is 18.3 Å². The van der Waals surface area contributed by atoms with Gasteiger partial charge in [0.1, 0.15) is 11.4 Å². The summed E-state index contributed by atoms with van der Waals surface area (Å²) in [6.45, 7) is 2.23. The maximum absolute atomic E-state index is 5.53. The number of aromatic amines is 1. The van der Waals surface area contributed by atoms with Crippen LogP contribution in [0.3, 0.4) is 0 Å². The van der Waals surface area contributed by atoms with Gasteiger partial charge in [-0.25, -0.2) is 4.98 Å². The van der Waals surface area contributed by atoms with Gasteiger partial charge in [-0.05, 0) is 54.8 Å². The molecule has 3 heterocycles. The second-order valence-electron chi connectivity index (χ2n) is 6.43. The minimum absolute atomic E-state index is 0.885. The third kappa shape index (κ3) is 3.22. The normalized spacial score (nSPS) is 11.9. The van der Waals surface area contributed by atoms with Crippen molar-refractivity contribution < 1.29 is 4.42 Å². The van der Waals surface area contributed by atoms with E-state index in [1.165, 1.54) is 24.6 Å². The van der Waals surface area contributed by atoms with Crippen LogP contribution in [-0.2, 0) is 0 Å². The monoisotopic (exact) mass is 330 g/mol. The Morgan fingerprint density at radius 2 is 2.08 bits per heavy atom. The molecule has 4 aromatic rings. The van der Waals surface area contributed by atoms with Crippen LogP contribution in [-0.4, -0.2) is 9.97 Å². The number of pyridine rings is 1. The van der Waals surface area contributed by atoms with Crippen LogP contribution < -0.4 is 0 Å². The van der Waals surface area contributed by atoms with E-state index in [2.05, 4.69) is 53.3 Å². The Morgan fingerprint density at radius 3 is 2.92 bits per heavy atom. The van der Waals surface area contributed by atoms with E-state index >= 15 is 0 Å². The van der Waals surface area contributed by atoms with Crippen LogP contribution in [0.1, 0.15) is 38.2 Å². The van der Waals surface area contributed by atoms with Gasteiger partial charge in [-0.1, -0.05) is 31.9 Å². The van der Waals surface area contributed by atoms with Crippen molar-refractivity contribution in [3.63, 3.8) is 0 Å². The molecule has 1 aromatic carbocycles. The summed E-state index contributed by atoms with van der Waals surface area (Å²) in [5.74, 6) is 0.885. The van der Waals surface area contributed by atoms with Crippen molar-refractivity contribution in [2.75, 3.05) is 0 Å². The van der Waals surface area contributed by atoms with Gasteiger partial charge in [0.25, 0.3) is 0 Å². The maximum Gasteiger partial charge on any atom is 0.138 e. The van der Waals surface area contributed by atoms with Gasteiger partial charge in [0, 0.05) is 28.0 Å². The Morgan fingerprint density at radius 1 is 1.12 bits per heavy atom. The molecule has 126 valence electrons. The van der Waals surface area contributed by atoms with Crippen LogP contribution in [0.25, 0.3) is 39.3 Å². The number of furan rings is 1. The Kier molecular flexibility index (Phi) is 4.38. The molecule has 3 nitrogen and oxygen atoms in total. The molecule has 0 saturated carbocycles. The van der Waals surface area contributed by atoms with Crippen molar-refractivity contribution in [1.29, 1.82) is 0 Å². The van der Waals surface area contributed by atoms with Gasteiger partial charge in [-0.15, -0.1) is 0 Å². The Bertz CT molecular complexity index is 1010. The van der Waals surface area contributed by atoms with Gasteiger partial charge in [-0.2, -0.15) is 0 Å². The van der Waals surface area contributed by atoms with E-state index < -0.39 is 0 Å². The minimum atomic E-state index is 0.885. The highest BCUT2D eigenvalue weighted by Gasteiger charge is 2.08. The summed E-state index contributed by atoms with van der Waals surface area (Å²) < 4.78 is 5.53. The number of aromatic nitrogens is 2. The van der Waals surface area contributed by atoms with Crippen molar-refractivity contribution in [2.24, 2.45) is 0 Å². The molecule has 25 heavy (non-hydrogen) atoms. The van der Waals surface area contributed by atoms with Crippen LogP contribution in [0.2, 0.25) is 0 Å². The molecule has 1 N–H and O–H groups in total. The molecule has 0 fully saturated rings. The summed E-state index contributed by atoms with van der Waals surface area (Å²) in [4.78, 5) is 7.99. The zero-order valence-corrected chi connectivity index (χ0v) is 14.5. The molecular weight excluding hydrogens is 308 g/mol. The molecule has 0 bridgehead atoms. The molecule has 0 radical (unpaired) electrons. The zero-order chi connectivity index (χ0) is 17.1. The summed E-state index contributed by atoms with van der Waals surface area (Å²) >= 11 is 0. The highest BCUT2D eigenvalue weighted by molar-refractivity contribution is 6.07. The third-order valence-corrected chi connectivity index (χ3v) is 4.56. The molecule has 4 rings (SSSR count). The summed E-state index contributed by atoms with van der Waals surface area (Å²) in [6.07, 6.45) is 13.0. The Balaban J connectivity index is 1.70. The first-order valence-corrected chi connectivity index (χ1v) is 8.97. The van der Waals surface area contributed by atoms with Gasteiger partial charge >= 0.3 is 0 Å². The molecule has 0 atom stereocenters. The number of rotatable bonds is 6. The molecular formula is C22H22N2O. The molecule has 0 unspecified atom stereocenters. The van der Waals surface area contributed by atoms with Crippen molar-refractivity contribution in [3.8, 4) is 11.3 Å². The predicted molar refractivity (Wildman–Crippen MR) is 104 cm³/mol. The minimum Gasteiger partial charge on any atom is -0.464 e. The first-order chi connectivity index (χ1) is 12.3. The number of H-pyrrole nitrogens is 1. The van der Waals surface area contributed by atoms with Gasteiger partial charge in [0.15, 0.2) is 0 Å². The molecule has 0 aliphatic heterocycles. The van der Waals surface area contributed by atoms with E-state index in [0.29, 0.717) is 0 Å². The van der Waals surface area contributed by atoms with Crippen molar-refractivity contribution in [3.05, 3.63) is 60.5 Å². The predicted octanol–water partition coefficient (Wildman–Crippen LogP) is 6.57. The second kappa shape index (κ2) is 6.98. The van der Waals surface area contributed by atoms with Crippen LogP contribution in [0, 0.1) is 0 Å². The number of allylic oxidation sites excluding steroid dienone is 1. The van der Waals surface area contributed by atoms with E-state index in [4.69, 9.17) is 4.42 Å². The van der Waals surface area contributed by atoms with Crippen molar-refractivity contribution in [2.45, 2.75) is 32.6 Å². The number of hydrogen-bond donors (Lipinski definition) is 1. The molecule has 0 aliphatic rings. The number of hydrogen-bond acceptors (Lipinski definition) is 2. The van der Waals surface area contributed by atoms with Gasteiger partial charge in [0.05, 0.1) is 6.26 Å². The van der Waals surface area contributed by atoms with E-state index in [1.54, 1.807) is 6.26 Å². The Hall–Kier alpha value is -2.81. The third-order valence-electron chi connectivity index (χ3n) is 4.56. The molecule has 0 amide bonds. The second-order valence-corrected chi connectivity index (χ2v) is 6.43. The standard InChI is InChI=1S/C22H22N2O/c1-2-3-4-5-6-8-16-13-19-18-14-17(21-9-7-12-25-21)10-11-20(18)24-22(19)23-15-16/h6-15H,2-5H2,1H3,(H,23,24)/b8-6+. The summed E-state index contributed by atoms with van der Waals surface area (Å²) in [5.41, 5.74) is 4.25. The number of benzene rings is 1. The average Bonchev–Trinajstić information content (AvgIpc) is 3.28. The lowest BCUT2D eigenvalue weighted by Gasteiger charge is -1.98. The Labute approximate surface area is 147 Å². The highest BCUT2D eigenvalue weighted by atomic mass is 16.3. The largest absolute Gasteiger partial charge is 0.464 e. The van der Waals surface area contributed by atoms with Crippen LogP contribution >= 0.6 is 0 Å². The first kappa shape index (κ1) is 15.7. The van der Waals surface area contributed by atoms with E-state index in [-0.39, 0.29) is 0 Å². The van der Waals surface area contributed by atoms with Gasteiger partial charge in [0.2, 0.25) is 0 Å². The topological polar surface area (TPSA) is 41.8 Å². The lowest BCUT2D eigenvalue weighted by Crippen LogP contribution is -1.79. The van der Waals surface area contributed by atoms with E-state index in [0.717, 1.165) is 39.9 Å². The summed E-state index contributed by atoms with van der Waals surface area (Å²) in [7, 11) is 0. The fourth-order valence-corrected chi connectivity index (χ4v) is 3.21. The first-order valence-electron chi connectivity index (χ1n) is 8.97. The van der Waals surface area contributed by atoms with Crippen molar-refractivity contribution in [1.82, 2.24) is 9.97 Å². The number of nitrogens with zero attached hydrogens (tertiary/aromatic N) is 1. The SMILES string of the molecule is CCCCC/C=C/c1cnc2[nH]c3ccc(-c4ccco4)cc3c2c1. The smallest absolute Gasteiger partial charge is 0.138 e. The van der Waals surface area contributed by atoms with Crippen LogP contribution in [0.5, 0.6) is 0 Å². The van der Waals surface area contributed by atoms with E-state index in [9.17, 15) is 0 Å². The van der Waals surface area contributed by atoms with Crippen molar-refractivity contribution >= 4 is 28.0 Å². The maximum atomic E-state index is 5.53. The lowest BCUT2D eigenvalue weighted by atomic mass is 10.1. The molecule has 3 aromatic heterocycles. The number of unbranched alkanes of at least 4 members (excludes halogenated alkanes) is 3. The quantitative estimate of drug-likeness (QED) is 0.406. The average molecular weight is 330 g/mol. The van der Waals surface area contributed by atoms with Gasteiger partial charge in [-0.3, -0.25) is 0 Å². The summed E-state index contributed by atoms with van der Waals surface area (Å²) in [5, 5.41) is 2.33. The zero-order valence-electron chi connectivity index (χ0n) is 14.5. The highest BCUT2D eigenvalue weighted by Crippen LogP contribution is 2.30. The molecule has 3 heteroatoms. The molecule has 0 saturated heterocycles.